The highest BCUT2D eigenvalue weighted by Crippen LogP contribution is 2.37. The minimum atomic E-state index is -4.53. The normalized spacial score (nSPS) is 23.7. The Morgan fingerprint density at radius 1 is 1.24 bits per heavy atom. The summed E-state index contributed by atoms with van der Waals surface area (Å²) in [5, 5.41) is 2.42. The number of quaternary nitrogens is 1. The predicted molar refractivity (Wildman–Crippen MR) is 134 cm³/mol. The highest BCUT2D eigenvalue weighted by atomic mass is 19.4. The van der Waals surface area contributed by atoms with Crippen LogP contribution < -0.4 is 11.2 Å². The number of rotatable bonds is 5. The van der Waals surface area contributed by atoms with Crippen LogP contribution in [0.15, 0.2) is 76.4 Å². The number of benzene rings is 1. The molecule has 0 radical (unpaired) electrons. The van der Waals surface area contributed by atoms with Crippen LogP contribution in [0.5, 0.6) is 0 Å². The number of hydrogen-bond acceptors (Lipinski definition) is 6. The number of likely N-dealkylation sites (tertiary alicyclic amines) is 1. The molecule has 0 bridgehead atoms. The quantitative estimate of drug-likeness (QED) is 0.463. The number of nitrogens with zero attached hydrogens (tertiary/aromatic N) is 5. The number of amidine groups is 1. The second-order valence-electron chi connectivity index (χ2n) is 9.25. The van der Waals surface area contributed by atoms with E-state index in [4.69, 9.17) is 10.8 Å². The van der Waals surface area contributed by atoms with Crippen LogP contribution in [0.2, 0.25) is 0 Å². The zero-order chi connectivity index (χ0) is 26.2. The molecule has 0 saturated carbocycles. The lowest BCUT2D eigenvalue weighted by atomic mass is 9.93. The summed E-state index contributed by atoms with van der Waals surface area (Å²) >= 11 is 0. The van der Waals surface area contributed by atoms with Gasteiger partial charge in [0.25, 0.3) is 11.7 Å². The maximum atomic E-state index is 13.0. The lowest BCUT2D eigenvalue weighted by molar-refractivity contribution is -0.750. The minimum Gasteiger partial charge on any atom is -0.307 e. The first kappa shape index (κ1) is 25.0. The van der Waals surface area contributed by atoms with E-state index in [-0.39, 0.29) is 21.9 Å². The van der Waals surface area contributed by atoms with E-state index in [0.29, 0.717) is 5.84 Å². The highest BCUT2D eigenvalue weighted by molar-refractivity contribution is 6.05. The van der Waals surface area contributed by atoms with Gasteiger partial charge in [-0.2, -0.15) is 24.0 Å². The van der Waals surface area contributed by atoms with Gasteiger partial charge >= 0.3 is 6.18 Å². The van der Waals surface area contributed by atoms with Gasteiger partial charge in [0.2, 0.25) is 5.70 Å². The van der Waals surface area contributed by atoms with Gasteiger partial charge in [-0.15, -0.1) is 4.59 Å². The topological polar surface area (TPSA) is 96.0 Å². The molecule has 3 N–H and O–H groups in total. The summed E-state index contributed by atoms with van der Waals surface area (Å²) in [6, 6.07) is 8.30. The second kappa shape index (κ2) is 9.66. The van der Waals surface area contributed by atoms with Gasteiger partial charge in [-0.3, -0.25) is 9.79 Å². The number of amides is 1. The lowest BCUT2D eigenvalue weighted by Gasteiger charge is -2.32. The van der Waals surface area contributed by atoms with Crippen molar-refractivity contribution in [1.29, 1.82) is 0 Å². The molecule has 2 unspecified atom stereocenters. The van der Waals surface area contributed by atoms with Crippen LogP contribution in [0.25, 0.3) is 0 Å². The highest BCUT2D eigenvalue weighted by Gasteiger charge is 2.46. The van der Waals surface area contributed by atoms with Crippen LogP contribution in [-0.4, -0.2) is 52.1 Å². The number of hydrogen-bond donors (Lipinski definition) is 2. The summed E-state index contributed by atoms with van der Waals surface area (Å²) in [5.41, 5.74) is 1.87. The first-order valence-electron chi connectivity index (χ1n) is 12.1. The molecule has 1 aromatic carbocycles. The Labute approximate surface area is 212 Å². The molecular weight excluding hydrogens is 483 g/mol. The van der Waals surface area contributed by atoms with Crippen molar-refractivity contribution in [2.75, 3.05) is 25.0 Å². The van der Waals surface area contributed by atoms with E-state index in [0.717, 1.165) is 67.8 Å². The van der Waals surface area contributed by atoms with Crippen LogP contribution in [-0.2, 0) is 6.18 Å². The molecule has 8 nitrogen and oxygen atoms in total. The summed E-state index contributed by atoms with van der Waals surface area (Å²) in [5.74, 6) is 6.94. The summed E-state index contributed by atoms with van der Waals surface area (Å²) in [7, 11) is 0. The Hall–Kier alpha value is -3.67. The Balaban J connectivity index is 1.38. The third-order valence-electron chi connectivity index (χ3n) is 6.90. The fraction of sp³-hybridized carbons (Fsp3) is 0.308. The van der Waals surface area contributed by atoms with E-state index in [1.807, 2.05) is 0 Å². The number of carbonyl (C=O) groups is 1. The van der Waals surface area contributed by atoms with Crippen LogP contribution in [0.4, 0.5) is 19.0 Å². The minimum absolute atomic E-state index is 0.110. The van der Waals surface area contributed by atoms with Crippen molar-refractivity contribution in [3.05, 3.63) is 83.1 Å². The molecule has 3 aliphatic heterocycles. The number of piperidine rings is 1. The molecule has 3 aliphatic rings. The molecule has 0 aliphatic carbocycles. The number of alkyl halides is 3. The lowest BCUT2D eigenvalue weighted by Crippen LogP contribution is -2.53. The van der Waals surface area contributed by atoms with E-state index < -0.39 is 17.6 Å². The van der Waals surface area contributed by atoms with Gasteiger partial charge in [0, 0.05) is 24.2 Å². The fourth-order valence-electron chi connectivity index (χ4n) is 4.91. The van der Waals surface area contributed by atoms with E-state index in [1.54, 1.807) is 42.9 Å². The van der Waals surface area contributed by atoms with Crippen LogP contribution >= 0.6 is 0 Å². The van der Waals surface area contributed by atoms with Gasteiger partial charge in [-0.25, -0.2) is 4.98 Å². The Morgan fingerprint density at radius 3 is 2.76 bits per heavy atom. The molecule has 4 heterocycles. The first-order valence-corrected chi connectivity index (χ1v) is 12.1. The van der Waals surface area contributed by atoms with Gasteiger partial charge in [0.1, 0.15) is 17.7 Å². The van der Waals surface area contributed by atoms with Crippen molar-refractivity contribution in [2.45, 2.75) is 25.9 Å². The number of fused-ring (bicyclic) bond motifs is 1. The molecule has 1 aromatic heterocycles. The zero-order valence-electron chi connectivity index (χ0n) is 20.2. The number of halogens is 3. The molecule has 1 amide bonds. The summed E-state index contributed by atoms with van der Waals surface area (Å²) in [4.78, 5) is 28.2. The number of allylic oxidation sites excluding steroid dienone is 1. The summed E-state index contributed by atoms with van der Waals surface area (Å²) in [6.07, 6.45) is 3.77. The number of aromatic nitrogens is 1. The second-order valence-corrected chi connectivity index (χ2v) is 9.25. The smallest absolute Gasteiger partial charge is 0.307 e. The number of carbonyl (C=O) groups excluding carboxylic acids is 1. The average molecular weight is 511 g/mol. The Kier molecular flexibility index (Phi) is 6.52. The van der Waals surface area contributed by atoms with Crippen LogP contribution in [0, 0.1) is 5.92 Å². The van der Waals surface area contributed by atoms with Crippen LogP contribution in [0.1, 0.15) is 41.3 Å². The zero-order valence-corrected chi connectivity index (χ0v) is 20.2. The van der Waals surface area contributed by atoms with Crippen molar-refractivity contribution in [1.82, 2.24) is 9.88 Å². The number of nitrogens with one attached hydrogen (secondary N) is 1. The van der Waals surface area contributed by atoms with E-state index >= 15 is 0 Å². The molecule has 2 atom stereocenters. The van der Waals surface area contributed by atoms with Crippen molar-refractivity contribution >= 4 is 23.8 Å². The van der Waals surface area contributed by atoms with Crippen molar-refractivity contribution in [3.63, 3.8) is 0 Å². The molecule has 1 saturated heterocycles. The summed E-state index contributed by atoms with van der Waals surface area (Å²) in [6.45, 7) is 5.11. The molecule has 0 spiro atoms. The molecule has 37 heavy (non-hydrogen) atoms. The predicted octanol–water partition coefficient (Wildman–Crippen LogP) is 4.30. The van der Waals surface area contributed by atoms with Crippen LogP contribution in [0.3, 0.4) is 0 Å². The average Bonchev–Trinajstić information content (AvgIpc) is 3.21. The van der Waals surface area contributed by atoms with Crippen molar-refractivity contribution in [2.24, 2.45) is 21.7 Å². The molecule has 192 valence electrons. The van der Waals surface area contributed by atoms with Crippen molar-refractivity contribution in [3.8, 4) is 0 Å². The van der Waals surface area contributed by atoms with Gasteiger partial charge in [-0.1, -0.05) is 6.92 Å². The Bertz CT molecular complexity index is 1330. The molecule has 5 rings (SSSR count). The molecule has 2 aromatic rings. The van der Waals surface area contributed by atoms with Gasteiger partial charge in [-0.05, 0) is 62.3 Å². The molecule has 1 fully saturated rings. The monoisotopic (exact) mass is 510 g/mol. The van der Waals surface area contributed by atoms with Gasteiger partial charge in [0.15, 0.2) is 0 Å². The SMILES string of the molecule is CCN1CCCC(C2=C3C=NC=C[N+]3(N)C(c3ccc(C(=O)Nc4cc(C(F)(F)F)ccn4)cc3)=N2)C1. The van der Waals surface area contributed by atoms with E-state index in [1.165, 1.54) is 0 Å². The summed E-state index contributed by atoms with van der Waals surface area (Å²) < 4.78 is 38.8. The number of aliphatic imine (C=N–C) groups is 2. The van der Waals surface area contributed by atoms with Crippen molar-refractivity contribution < 1.29 is 22.6 Å². The largest absolute Gasteiger partial charge is 0.416 e. The first-order chi connectivity index (χ1) is 17.7. The number of pyridine rings is 1. The number of nitrogens with two attached hydrogens (primary N) is 1. The van der Waals surface area contributed by atoms with Gasteiger partial charge < -0.3 is 10.2 Å². The molecular formula is C26H27F3N7O+. The van der Waals surface area contributed by atoms with Gasteiger partial charge in [0.05, 0.1) is 23.5 Å². The maximum Gasteiger partial charge on any atom is 0.416 e. The van der Waals surface area contributed by atoms with E-state index in [9.17, 15) is 18.0 Å². The molecule has 11 heteroatoms. The fourth-order valence-corrected chi connectivity index (χ4v) is 4.91. The number of anilines is 1. The third kappa shape index (κ3) is 4.85. The standard InChI is InChI=1S/C26H26F3N7O/c1-2-35-12-3-4-19(16-35)23-21-15-31-11-13-36(21,30)24(34-23)17-5-7-18(8-6-17)25(37)33-22-14-20(9-10-32-22)26(27,28)29/h5-11,13-15,19H,2-4,12,16,30H2,1H3/p+1. The Morgan fingerprint density at radius 2 is 2.03 bits per heavy atom. The maximum absolute atomic E-state index is 13.0. The third-order valence-corrected chi connectivity index (χ3v) is 6.90. The van der Waals surface area contributed by atoms with E-state index in [2.05, 4.69) is 27.1 Å².